The Balaban J connectivity index is 1.29. The summed E-state index contributed by atoms with van der Waals surface area (Å²) in [4.78, 5) is 29.8. The van der Waals surface area contributed by atoms with Gasteiger partial charge >= 0.3 is 0 Å². The summed E-state index contributed by atoms with van der Waals surface area (Å²) in [5, 5.41) is 2.25. The Morgan fingerprint density at radius 3 is 2.31 bits per heavy atom. The molecule has 4 rings (SSSR count). The molecule has 2 aromatic rings. The van der Waals surface area contributed by atoms with E-state index in [1.807, 2.05) is 23.1 Å². The van der Waals surface area contributed by atoms with Crippen LogP contribution in [0.2, 0.25) is 0 Å². The normalized spacial score (nSPS) is 18.4. The van der Waals surface area contributed by atoms with Gasteiger partial charge in [-0.3, -0.25) is 14.5 Å². The maximum Gasteiger partial charge on any atom is 0.223 e. The van der Waals surface area contributed by atoms with Crippen molar-refractivity contribution >= 4 is 22.5 Å². The van der Waals surface area contributed by atoms with Gasteiger partial charge in [-0.1, -0.05) is 50.1 Å². The number of piperazine rings is 1. The number of carbonyl (C=O) groups is 2. The third kappa shape index (κ3) is 4.69. The summed E-state index contributed by atoms with van der Waals surface area (Å²) in [6, 6.07) is 13.0. The van der Waals surface area contributed by atoms with Crippen LogP contribution in [0.25, 0.3) is 10.8 Å². The zero-order valence-corrected chi connectivity index (χ0v) is 17.5. The van der Waals surface area contributed by atoms with Crippen LogP contribution < -0.4 is 0 Å². The van der Waals surface area contributed by atoms with E-state index >= 15 is 0 Å². The summed E-state index contributed by atoms with van der Waals surface area (Å²) in [6.07, 6.45) is 6.94. The molecule has 0 atom stereocenters. The molecule has 0 unspecified atom stereocenters. The molecule has 0 N–H and O–H groups in total. The lowest BCUT2D eigenvalue weighted by atomic mass is 10.00. The maximum absolute atomic E-state index is 12.6. The molecule has 1 aliphatic carbocycles. The van der Waals surface area contributed by atoms with Crippen molar-refractivity contribution in [2.24, 2.45) is 0 Å². The zero-order valence-electron chi connectivity index (χ0n) is 17.5. The molecule has 154 valence electrons. The van der Waals surface area contributed by atoms with E-state index in [9.17, 15) is 9.59 Å². The van der Waals surface area contributed by atoms with Crippen LogP contribution in [-0.4, -0.2) is 53.7 Å². The molecule has 0 bridgehead atoms. The van der Waals surface area contributed by atoms with Gasteiger partial charge in [0.25, 0.3) is 0 Å². The van der Waals surface area contributed by atoms with Gasteiger partial charge in [-0.15, -0.1) is 0 Å². The first-order chi connectivity index (χ1) is 14.1. The quantitative estimate of drug-likeness (QED) is 0.682. The molecule has 1 saturated carbocycles. The Morgan fingerprint density at radius 1 is 0.897 bits per heavy atom. The first-order valence-electron chi connectivity index (χ1n) is 11.2. The predicted molar refractivity (Wildman–Crippen MR) is 117 cm³/mol. The molecule has 2 fully saturated rings. The third-order valence-corrected chi connectivity index (χ3v) is 6.71. The van der Waals surface area contributed by atoms with Crippen LogP contribution in [0.5, 0.6) is 0 Å². The highest BCUT2D eigenvalue weighted by Crippen LogP contribution is 2.24. The van der Waals surface area contributed by atoms with Crippen LogP contribution in [0.1, 0.15) is 61.4 Å². The Hall–Kier alpha value is -2.20. The van der Waals surface area contributed by atoms with Crippen molar-refractivity contribution in [2.45, 2.75) is 57.9 Å². The second-order valence-corrected chi connectivity index (χ2v) is 8.53. The average Bonchev–Trinajstić information content (AvgIpc) is 3.31. The van der Waals surface area contributed by atoms with Crippen LogP contribution in [0.3, 0.4) is 0 Å². The summed E-state index contributed by atoms with van der Waals surface area (Å²) in [5.74, 6) is 0.183. The van der Waals surface area contributed by atoms with E-state index in [0.29, 0.717) is 18.4 Å². The Kier molecular flexibility index (Phi) is 6.29. The summed E-state index contributed by atoms with van der Waals surface area (Å²) in [7, 11) is 0. The van der Waals surface area contributed by atoms with Gasteiger partial charge in [-0.05, 0) is 41.7 Å². The first-order valence-corrected chi connectivity index (χ1v) is 11.2. The van der Waals surface area contributed by atoms with E-state index in [1.165, 1.54) is 31.2 Å². The minimum atomic E-state index is 0.0596. The monoisotopic (exact) mass is 392 g/mol. The van der Waals surface area contributed by atoms with Gasteiger partial charge in [0.1, 0.15) is 0 Å². The topological polar surface area (TPSA) is 40.6 Å². The second-order valence-electron chi connectivity index (χ2n) is 8.53. The molecule has 1 aliphatic heterocycles. The molecule has 4 nitrogen and oxygen atoms in total. The van der Waals surface area contributed by atoms with E-state index < -0.39 is 0 Å². The highest BCUT2D eigenvalue weighted by atomic mass is 16.2. The number of nitrogens with zero attached hydrogens (tertiary/aromatic N) is 2. The molecule has 2 aliphatic rings. The Morgan fingerprint density at radius 2 is 1.59 bits per heavy atom. The van der Waals surface area contributed by atoms with Crippen molar-refractivity contribution in [1.82, 2.24) is 9.80 Å². The lowest BCUT2D eigenvalue weighted by Crippen LogP contribution is -2.51. The minimum absolute atomic E-state index is 0.0596. The molecule has 1 saturated heterocycles. The van der Waals surface area contributed by atoms with Crippen LogP contribution in [0.4, 0.5) is 0 Å². The predicted octanol–water partition coefficient (Wildman–Crippen LogP) is 4.45. The fourth-order valence-corrected chi connectivity index (χ4v) is 4.82. The Bertz CT molecular complexity index is 878. The number of aryl methyl sites for hydroxylation is 1. The van der Waals surface area contributed by atoms with Gasteiger partial charge in [0, 0.05) is 50.6 Å². The van der Waals surface area contributed by atoms with Gasteiger partial charge in [0.15, 0.2) is 5.78 Å². The van der Waals surface area contributed by atoms with Crippen molar-refractivity contribution in [3.8, 4) is 0 Å². The van der Waals surface area contributed by atoms with Gasteiger partial charge in [0.05, 0.1) is 0 Å². The number of ketones is 1. The number of amides is 1. The van der Waals surface area contributed by atoms with E-state index in [4.69, 9.17) is 0 Å². The number of benzene rings is 2. The van der Waals surface area contributed by atoms with E-state index in [2.05, 4.69) is 30.0 Å². The number of hydrogen-bond donors (Lipinski definition) is 0. The lowest BCUT2D eigenvalue weighted by Gasteiger charge is -2.38. The zero-order chi connectivity index (χ0) is 20.2. The van der Waals surface area contributed by atoms with Crippen LogP contribution in [0.15, 0.2) is 36.4 Å². The standard InChI is InChI=1S/C25H32N2O2/c1-2-19-7-8-21-18-22(10-9-20(21)17-19)24(28)11-12-25(29)27-15-13-26(14-16-27)23-5-3-4-6-23/h7-10,17-18,23H,2-6,11-16H2,1H3. The van der Waals surface area contributed by atoms with E-state index in [-0.39, 0.29) is 11.7 Å². The number of rotatable bonds is 6. The average molecular weight is 393 g/mol. The number of fused-ring (bicyclic) bond motifs is 1. The summed E-state index contributed by atoms with van der Waals surface area (Å²) >= 11 is 0. The second kappa shape index (κ2) is 9.08. The van der Waals surface area contributed by atoms with Crippen molar-refractivity contribution in [1.29, 1.82) is 0 Å². The van der Waals surface area contributed by atoms with Crippen molar-refractivity contribution < 1.29 is 9.59 Å². The molecular formula is C25H32N2O2. The summed E-state index contributed by atoms with van der Waals surface area (Å²) in [6.45, 7) is 5.72. The Labute approximate surface area is 173 Å². The van der Waals surface area contributed by atoms with Crippen LogP contribution in [-0.2, 0) is 11.2 Å². The molecule has 1 heterocycles. The van der Waals surface area contributed by atoms with Crippen molar-refractivity contribution in [3.63, 3.8) is 0 Å². The minimum Gasteiger partial charge on any atom is -0.340 e. The first kappa shape index (κ1) is 20.1. The smallest absolute Gasteiger partial charge is 0.223 e. The van der Waals surface area contributed by atoms with Crippen LogP contribution in [0, 0.1) is 0 Å². The molecule has 1 amide bonds. The molecule has 0 aromatic heterocycles. The summed E-state index contributed by atoms with van der Waals surface area (Å²) < 4.78 is 0. The third-order valence-electron chi connectivity index (χ3n) is 6.71. The highest BCUT2D eigenvalue weighted by Gasteiger charge is 2.27. The highest BCUT2D eigenvalue weighted by molar-refractivity contribution is 6.01. The molecule has 2 aromatic carbocycles. The number of Topliss-reactive ketones (excluding diaryl/α,β-unsaturated/α-hetero) is 1. The number of carbonyl (C=O) groups excluding carboxylic acids is 2. The van der Waals surface area contributed by atoms with Gasteiger partial charge < -0.3 is 4.90 Å². The molecule has 0 radical (unpaired) electrons. The summed E-state index contributed by atoms with van der Waals surface area (Å²) in [5.41, 5.74) is 2.01. The van der Waals surface area contributed by atoms with E-state index in [1.54, 1.807) is 0 Å². The number of hydrogen-bond acceptors (Lipinski definition) is 3. The van der Waals surface area contributed by atoms with Crippen molar-refractivity contribution in [2.75, 3.05) is 26.2 Å². The largest absolute Gasteiger partial charge is 0.340 e. The van der Waals surface area contributed by atoms with Gasteiger partial charge in [-0.25, -0.2) is 0 Å². The fraction of sp³-hybridized carbons (Fsp3) is 0.520. The van der Waals surface area contributed by atoms with E-state index in [0.717, 1.165) is 49.4 Å². The molecule has 4 heteroatoms. The van der Waals surface area contributed by atoms with Crippen LogP contribution >= 0.6 is 0 Å². The van der Waals surface area contributed by atoms with Crippen molar-refractivity contribution in [3.05, 3.63) is 47.5 Å². The SMILES string of the molecule is CCc1ccc2cc(C(=O)CCC(=O)N3CCN(C4CCCC4)CC3)ccc2c1. The molecule has 0 spiro atoms. The molecular weight excluding hydrogens is 360 g/mol. The maximum atomic E-state index is 12.6. The lowest BCUT2D eigenvalue weighted by molar-refractivity contribution is -0.133. The van der Waals surface area contributed by atoms with Gasteiger partial charge in [-0.2, -0.15) is 0 Å². The van der Waals surface area contributed by atoms with Gasteiger partial charge in [0.2, 0.25) is 5.91 Å². The fourth-order valence-electron chi connectivity index (χ4n) is 4.82. The molecule has 29 heavy (non-hydrogen) atoms.